The maximum Gasteiger partial charge on any atom is 0.242 e. The summed E-state index contributed by atoms with van der Waals surface area (Å²) >= 11 is 0. The van der Waals surface area contributed by atoms with Crippen molar-refractivity contribution in [1.82, 2.24) is 5.06 Å². The Kier molecular flexibility index (Phi) is 3.58. The number of carbonyl (C=O) groups excluding carboxylic acids is 1. The number of benzene rings is 4. The highest BCUT2D eigenvalue weighted by molar-refractivity contribution is 6.23. The summed E-state index contributed by atoms with van der Waals surface area (Å²) in [6.07, 6.45) is 1.57. The second-order valence-corrected chi connectivity index (χ2v) is 6.33. The van der Waals surface area contributed by atoms with E-state index in [0.29, 0.717) is 6.54 Å². The van der Waals surface area contributed by atoms with Crippen molar-refractivity contribution >= 4 is 38.2 Å². The van der Waals surface area contributed by atoms with Gasteiger partial charge in [0.15, 0.2) is 0 Å². The number of amides is 1. The zero-order valence-corrected chi connectivity index (χ0v) is 13.6. The van der Waals surface area contributed by atoms with Crippen LogP contribution < -0.4 is 0 Å². The lowest BCUT2D eigenvalue weighted by Gasteiger charge is -2.15. The molecule has 0 aromatic heterocycles. The number of aryl methyl sites for hydroxylation is 1. The van der Waals surface area contributed by atoms with Crippen LogP contribution in [0.1, 0.15) is 18.9 Å². The summed E-state index contributed by atoms with van der Waals surface area (Å²) in [6.45, 7) is 1.73. The molecule has 3 nitrogen and oxygen atoms in total. The molecule has 0 aliphatic heterocycles. The summed E-state index contributed by atoms with van der Waals surface area (Å²) in [7, 11) is 0. The van der Waals surface area contributed by atoms with Crippen molar-refractivity contribution in [3.05, 3.63) is 60.2 Å². The van der Waals surface area contributed by atoms with Gasteiger partial charge in [0.2, 0.25) is 5.91 Å². The zero-order valence-electron chi connectivity index (χ0n) is 13.6. The number of rotatable bonds is 4. The number of hydrogen-bond donors (Lipinski definition) is 1. The SMILES string of the molecule is CC(=O)N(O)CCCc1ccc2ccc3cccc4ccc1c2c34. The third-order valence-corrected chi connectivity index (χ3v) is 4.80. The Morgan fingerprint density at radius 2 is 1.54 bits per heavy atom. The van der Waals surface area contributed by atoms with E-state index in [1.807, 2.05) is 0 Å². The summed E-state index contributed by atoms with van der Waals surface area (Å²) in [4.78, 5) is 11.1. The van der Waals surface area contributed by atoms with E-state index in [2.05, 4.69) is 54.6 Å². The molecule has 0 aliphatic carbocycles. The molecular formula is C21H19NO2. The predicted molar refractivity (Wildman–Crippen MR) is 97.6 cm³/mol. The summed E-state index contributed by atoms with van der Waals surface area (Å²) in [5.41, 5.74) is 1.26. The highest BCUT2D eigenvalue weighted by atomic mass is 16.5. The molecule has 3 heteroatoms. The molecule has 0 bridgehead atoms. The molecule has 4 rings (SSSR count). The van der Waals surface area contributed by atoms with Crippen molar-refractivity contribution in [2.75, 3.05) is 6.54 Å². The van der Waals surface area contributed by atoms with Crippen LogP contribution in [0.3, 0.4) is 0 Å². The fourth-order valence-corrected chi connectivity index (χ4v) is 3.59. The molecule has 0 fully saturated rings. The van der Waals surface area contributed by atoms with E-state index in [0.717, 1.165) is 17.9 Å². The molecule has 0 saturated heterocycles. The van der Waals surface area contributed by atoms with Crippen LogP contribution in [-0.2, 0) is 11.2 Å². The van der Waals surface area contributed by atoms with Crippen LogP contribution in [0, 0.1) is 0 Å². The van der Waals surface area contributed by atoms with Crippen LogP contribution in [0.15, 0.2) is 54.6 Å². The average Bonchev–Trinajstić information content (AvgIpc) is 2.60. The van der Waals surface area contributed by atoms with Crippen LogP contribution in [0.25, 0.3) is 32.3 Å². The highest BCUT2D eigenvalue weighted by Crippen LogP contribution is 2.36. The van der Waals surface area contributed by atoms with Gasteiger partial charge in [0.1, 0.15) is 0 Å². The number of nitrogens with zero attached hydrogens (tertiary/aromatic N) is 1. The molecular weight excluding hydrogens is 298 g/mol. The lowest BCUT2D eigenvalue weighted by Crippen LogP contribution is -2.25. The van der Waals surface area contributed by atoms with Crippen LogP contribution in [0.2, 0.25) is 0 Å². The van der Waals surface area contributed by atoms with Crippen molar-refractivity contribution in [3.63, 3.8) is 0 Å². The molecule has 1 N–H and O–H groups in total. The van der Waals surface area contributed by atoms with Crippen molar-refractivity contribution in [3.8, 4) is 0 Å². The fraction of sp³-hybridized carbons (Fsp3) is 0.190. The molecule has 4 aromatic carbocycles. The van der Waals surface area contributed by atoms with Gasteiger partial charge in [-0.05, 0) is 50.7 Å². The lowest BCUT2D eigenvalue weighted by molar-refractivity contribution is -0.162. The number of carbonyl (C=O) groups is 1. The van der Waals surface area contributed by atoms with Gasteiger partial charge in [-0.3, -0.25) is 10.0 Å². The van der Waals surface area contributed by atoms with Crippen LogP contribution in [0.5, 0.6) is 0 Å². The molecule has 0 radical (unpaired) electrons. The topological polar surface area (TPSA) is 40.5 Å². The Balaban J connectivity index is 1.78. The molecule has 0 heterocycles. The molecule has 4 aromatic rings. The van der Waals surface area contributed by atoms with Crippen molar-refractivity contribution in [2.45, 2.75) is 19.8 Å². The minimum atomic E-state index is -0.314. The van der Waals surface area contributed by atoms with E-state index in [1.54, 1.807) is 0 Å². The summed E-state index contributed by atoms with van der Waals surface area (Å²) in [5.74, 6) is -0.314. The van der Waals surface area contributed by atoms with Crippen LogP contribution >= 0.6 is 0 Å². The Morgan fingerprint density at radius 1 is 0.917 bits per heavy atom. The zero-order chi connectivity index (χ0) is 16.7. The first-order valence-electron chi connectivity index (χ1n) is 8.27. The van der Waals surface area contributed by atoms with Gasteiger partial charge in [-0.1, -0.05) is 54.6 Å². The number of hydroxylamine groups is 2. The van der Waals surface area contributed by atoms with E-state index in [9.17, 15) is 10.0 Å². The van der Waals surface area contributed by atoms with E-state index in [1.165, 1.54) is 44.8 Å². The number of hydrogen-bond acceptors (Lipinski definition) is 2. The van der Waals surface area contributed by atoms with Crippen molar-refractivity contribution < 1.29 is 10.0 Å². The standard InChI is InChI=1S/C21H19NO2/c1-14(23)22(24)13-3-6-15-7-8-18-10-9-16-4-2-5-17-11-12-19(15)21(18)20(16)17/h2,4-5,7-12,24H,3,6,13H2,1H3. The van der Waals surface area contributed by atoms with Gasteiger partial charge in [0, 0.05) is 13.5 Å². The van der Waals surface area contributed by atoms with Gasteiger partial charge in [0.05, 0.1) is 0 Å². The van der Waals surface area contributed by atoms with Crippen molar-refractivity contribution in [2.24, 2.45) is 0 Å². The van der Waals surface area contributed by atoms with E-state index in [4.69, 9.17) is 0 Å². The second kappa shape index (κ2) is 5.77. The third-order valence-electron chi connectivity index (χ3n) is 4.80. The molecule has 24 heavy (non-hydrogen) atoms. The van der Waals surface area contributed by atoms with Crippen LogP contribution in [-0.4, -0.2) is 22.7 Å². The Hall–Kier alpha value is -2.65. The fourth-order valence-electron chi connectivity index (χ4n) is 3.59. The van der Waals surface area contributed by atoms with Gasteiger partial charge in [-0.25, -0.2) is 5.06 Å². The summed E-state index contributed by atoms with van der Waals surface area (Å²) < 4.78 is 0. The minimum Gasteiger partial charge on any atom is -0.286 e. The highest BCUT2D eigenvalue weighted by Gasteiger charge is 2.11. The Labute approximate surface area is 140 Å². The van der Waals surface area contributed by atoms with Gasteiger partial charge >= 0.3 is 0 Å². The maximum absolute atomic E-state index is 11.1. The van der Waals surface area contributed by atoms with Gasteiger partial charge in [-0.15, -0.1) is 0 Å². The van der Waals surface area contributed by atoms with Gasteiger partial charge in [0.25, 0.3) is 0 Å². The van der Waals surface area contributed by atoms with E-state index < -0.39 is 0 Å². The van der Waals surface area contributed by atoms with E-state index >= 15 is 0 Å². The van der Waals surface area contributed by atoms with Gasteiger partial charge < -0.3 is 0 Å². The average molecular weight is 317 g/mol. The van der Waals surface area contributed by atoms with E-state index in [-0.39, 0.29) is 5.91 Å². The Bertz CT molecular complexity index is 1020. The quantitative estimate of drug-likeness (QED) is 0.335. The summed E-state index contributed by atoms with van der Waals surface area (Å²) in [5, 5.41) is 18.0. The molecule has 120 valence electrons. The molecule has 1 amide bonds. The maximum atomic E-state index is 11.1. The predicted octanol–water partition coefficient (Wildman–Crippen LogP) is 4.75. The first-order chi connectivity index (χ1) is 11.6. The summed E-state index contributed by atoms with van der Waals surface area (Å²) in [6, 6.07) is 19.5. The molecule has 0 atom stereocenters. The smallest absolute Gasteiger partial charge is 0.242 e. The molecule has 0 unspecified atom stereocenters. The molecule has 0 saturated carbocycles. The molecule has 0 aliphatic rings. The molecule has 0 spiro atoms. The third kappa shape index (κ3) is 2.38. The second-order valence-electron chi connectivity index (χ2n) is 6.33. The van der Waals surface area contributed by atoms with Crippen molar-refractivity contribution in [1.29, 1.82) is 0 Å². The first kappa shape index (κ1) is 14.9. The normalized spacial score (nSPS) is 11.6. The first-order valence-corrected chi connectivity index (χ1v) is 8.27. The Morgan fingerprint density at radius 3 is 2.25 bits per heavy atom. The van der Waals surface area contributed by atoms with Crippen LogP contribution in [0.4, 0.5) is 0 Å². The monoisotopic (exact) mass is 317 g/mol. The minimum absolute atomic E-state index is 0.314. The van der Waals surface area contributed by atoms with Gasteiger partial charge in [-0.2, -0.15) is 0 Å². The lowest BCUT2D eigenvalue weighted by atomic mass is 9.91. The largest absolute Gasteiger partial charge is 0.286 e.